The van der Waals surface area contributed by atoms with Gasteiger partial charge in [0, 0.05) is 18.3 Å². The first kappa shape index (κ1) is 26.8. The van der Waals surface area contributed by atoms with Crippen LogP contribution in [0.25, 0.3) is 11.4 Å². The number of nitrogens with one attached hydrogen (secondary N) is 2. The van der Waals surface area contributed by atoms with Gasteiger partial charge in [-0.25, -0.2) is 9.37 Å². The maximum absolute atomic E-state index is 15.3. The maximum Gasteiger partial charge on any atom is 0.425 e. The van der Waals surface area contributed by atoms with Crippen molar-refractivity contribution < 1.29 is 32.5 Å². The first-order valence-electron chi connectivity index (χ1n) is 10.5. The quantitative estimate of drug-likeness (QED) is 0.262. The SMILES string of the molecule is Cc1[nH]nc(Cl)c1NC(O)c1cc(F)c(-c2nc(C(C)(C)O)c(C)n2C)cc1O[C@@H](C)C(F)(F)F. The Morgan fingerprint density at radius 2 is 1.86 bits per heavy atom. The third kappa shape index (κ3) is 5.39. The molecule has 4 N–H and O–H groups in total. The molecule has 0 saturated heterocycles. The number of anilines is 1. The van der Waals surface area contributed by atoms with Crippen molar-refractivity contribution in [3.8, 4) is 17.1 Å². The molecule has 3 rings (SSSR count). The summed E-state index contributed by atoms with van der Waals surface area (Å²) < 4.78 is 61.8. The Labute approximate surface area is 203 Å². The molecule has 0 aliphatic heterocycles. The van der Waals surface area contributed by atoms with Crippen LogP contribution in [0.5, 0.6) is 5.75 Å². The van der Waals surface area contributed by atoms with Gasteiger partial charge in [-0.1, -0.05) is 11.6 Å². The number of ether oxygens (including phenoxy) is 1. The highest BCUT2D eigenvalue weighted by atomic mass is 35.5. The van der Waals surface area contributed by atoms with Crippen LogP contribution in [0, 0.1) is 19.7 Å². The Morgan fingerprint density at radius 1 is 1.23 bits per heavy atom. The summed E-state index contributed by atoms with van der Waals surface area (Å²) in [6.07, 6.45) is -8.68. The van der Waals surface area contributed by atoms with E-state index in [-0.39, 0.29) is 33.5 Å². The van der Waals surface area contributed by atoms with Crippen molar-refractivity contribution in [2.75, 3.05) is 5.32 Å². The number of aliphatic hydroxyl groups excluding tert-OH is 1. The summed E-state index contributed by atoms with van der Waals surface area (Å²) in [4.78, 5) is 4.33. The first-order valence-corrected chi connectivity index (χ1v) is 10.9. The molecule has 0 fully saturated rings. The normalized spacial score (nSPS) is 14.2. The molecule has 2 heterocycles. The molecule has 13 heteroatoms. The Hall–Kier alpha value is -2.83. The number of rotatable bonds is 7. The van der Waals surface area contributed by atoms with Gasteiger partial charge in [-0.3, -0.25) is 5.10 Å². The van der Waals surface area contributed by atoms with Gasteiger partial charge in [0.2, 0.25) is 0 Å². The molecular weight excluding hydrogens is 494 g/mol. The van der Waals surface area contributed by atoms with Gasteiger partial charge >= 0.3 is 6.18 Å². The summed E-state index contributed by atoms with van der Waals surface area (Å²) >= 11 is 5.97. The fraction of sp³-hybridized carbons (Fsp3) is 0.455. The smallest absolute Gasteiger partial charge is 0.425 e. The molecule has 0 bridgehead atoms. The zero-order valence-electron chi connectivity index (χ0n) is 19.8. The van der Waals surface area contributed by atoms with Crippen molar-refractivity contribution >= 4 is 17.3 Å². The van der Waals surface area contributed by atoms with Crippen LogP contribution in [0.15, 0.2) is 12.1 Å². The Kier molecular flexibility index (Phi) is 7.13. The number of halogens is 5. The number of alkyl halides is 3. The molecule has 0 radical (unpaired) electrons. The van der Waals surface area contributed by atoms with Gasteiger partial charge in [0.05, 0.1) is 22.6 Å². The fourth-order valence-corrected chi connectivity index (χ4v) is 3.73. The van der Waals surface area contributed by atoms with E-state index in [4.69, 9.17) is 16.3 Å². The van der Waals surface area contributed by atoms with Crippen LogP contribution in [0.1, 0.15) is 49.6 Å². The number of hydrogen-bond donors (Lipinski definition) is 4. The van der Waals surface area contributed by atoms with Crippen LogP contribution in [-0.4, -0.2) is 42.2 Å². The minimum atomic E-state index is -4.72. The molecule has 0 aliphatic rings. The van der Waals surface area contributed by atoms with Gasteiger partial charge in [0.15, 0.2) is 17.5 Å². The molecule has 3 aromatic rings. The van der Waals surface area contributed by atoms with E-state index in [1.54, 1.807) is 20.9 Å². The fourth-order valence-electron chi connectivity index (χ4n) is 3.49. The molecule has 0 aliphatic carbocycles. The molecule has 8 nitrogen and oxygen atoms in total. The number of imidazole rings is 1. The summed E-state index contributed by atoms with van der Waals surface area (Å²) in [6, 6.07) is 1.90. The number of aliphatic hydroxyl groups is 2. The van der Waals surface area contributed by atoms with Crippen LogP contribution in [0.4, 0.5) is 23.2 Å². The van der Waals surface area contributed by atoms with E-state index in [1.807, 2.05) is 0 Å². The van der Waals surface area contributed by atoms with Crippen molar-refractivity contribution in [2.45, 2.75) is 58.7 Å². The van der Waals surface area contributed by atoms with E-state index in [9.17, 15) is 23.4 Å². The number of aromatic amines is 1. The molecule has 1 unspecified atom stereocenters. The van der Waals surface area contributed by atoms with E-state index in [0.29, 0.717) is 11.4 Å². The largest absolute Gasteiger partial charge is 0.481 e. The molecule has 0 spiro atoms. The summed E-state index contributed by atoms with van der Waals surface area (Å²) in [7, 11) is 1.58. The number of H-pyrrole nitrogens is 1. The molecule has 0 amide bonds. The Balaban J connectivity index is 2.15. The third-order valence-electron chi connectivity index (χ3n) is 5.54. The topological polar surface area (TPSA) is 108 Å². The minimum absolute atomic E-state index is 0.0209. The van der Waals surface area contributed by atoms with Crippen molar-refractivity contribution in [3.05, 3.63) is 45.7 Å². The van der Waals surface area contributed by atoms with Crippen molar-refractivity contribution in [1.29, 1.82) is 0 Å². The Morgan fingerprint density at radius 3 is 2.34 bits per heavy atom. The molecular formula is C22H26ClF4N5O3. The van der Waals surface area contributed by atoms with Crippen LogP contribution in [-0.2, 0) is 12.6 Å². The molecule has 2 aromatic heterocycles. The zero-order chi connectivity index (χ0) is 26.5. The van der Waals surface area contributed by atoms with Crippen LogP contribution in [0.3, 0.4) is 0 Å². The highest BCUT2D eigenvalue weighted by Crippen LogP contribution is 2.38. The van der Waals surface area contributed by atoms with E-state index >= 15 is 4.39 Å². The lowest BCUT2D eigenvalue weighted by molar-refractivity contribution is -0.189. The number of benzene rings is 1. The third-order valence-corrected chi connectivity index (χ3v) is 5.82. The van der Waals surface area contributed by atoms with E-state index in [2.05, 4.69) is 20.5 Å². The van der Waals surface area contributed by atoms with Crippen molar-refractivity contribution in [1.82, 2.24) is 19.7 Å². The minimum Gasteiger partial charge on any atom is -0.481 e. The van der Waals surface area contributed by atoms with Gasteiger partial charge < -0.3 is 24.8 Å². The van der Waals surface area contributed by atoms with Gasteiger partial charge in [-0.15, -0.1) is 0 Å². The average molecular weight is 520 g/mol. The number of aromatic nitrogens is 4. The summed E-state index contributed by atoms with van der Waals surface area (Å²) in [6.45, 7) is 7.08. The van der Waals surface area contributed by atoms with Gasteiger partial charge in [0.1, 0.15) is 23.0 Å². The van der Waals surface area contributed by atoms with Crippen molar-refractivity contribution in [2.24, 2.45) is 7.05 Å². The summed E-state index contributed by atoms with van der Waals surface area (Å²) in [5.74, 6) is -1.24. The average Bonchev–Trinajstić information content (AvgIpc) is 3.21. The van der Waals surface area contributed by atoms with Gasteiger partial charge in [-0.05, 0) is 46.8 Å². The van der Waals surface area contributed by atoms with E-state index in [0.717, 1.165) is 19.1 Å². The molecule has 1 aromatic carbocycles. The highest BCUT2D eigenvalue weighted by Gasteiger charge is 2.39. The summed E-state index contributed by atoms with van der Waals surface area (Å²) in [5, 5.41) is 30.1. The number of aryl methyl sites for hydroxylation is 1. The predicted octanol–water partition coefficient (Wildman–Crippen LogP) is 4.88. The maximum atomic E-state index is 15.3. The lowest BCUT2D eigenvalue weighted by Crippen LogP contribution is -2.31. The molecule has 35 heavy (non-hydrogen) atoms. The van der Waals surface area contributed by atoms with Crippen LogP contribution >= 0.6 is 11.6 Å². The van der Waals surface area contributed by atoms with E-state index < -0.39 is 35.7 Å². The summed E-state index contributed by atoms with van der Waals surface area (Å²) in [5.41, 5.74) is -0.377. The second-order valence-corrected chi connectivity index (χ2v) is 9.08. The lowest BCUT2D eigenvalue weighted by atomic mass is 10.0. The molecule has 192 valence electrons. The second-order valence-electron chi connectivity index (χ2n) is 8.72. The van der Waals surface area contributed by atoms with Crippen LogP contribution in [0.2, 0.25) is 5.15 Å². The van der Waals surface area contributed by atoms with E-state index in [1.165, 1.54) is 18.4 Å². The Bertz CT molecular complexity index is 1210. The monoisotopic (exact) mass is 519 g/mol. The molecule has 0 saturated carbocycles. The zero-order valence-corrected chi connectivity index (χ0v) is 20.6. The van der Waals surface area contributed by atoms with Crippen molar-refractivity contribution in [3.63, 3.8) is 0 Å². The van der Waals surface area contributed by atoms with Gasteiger partial charge in [-0.2, -0.15) is 18.3 Å². The highest BCUT2D eigenvalue weighted by molar-refractivity contribution is 6.32. The van der Waals surface area contributed by atoms with Gasteiger partial charge in [0.25, 0.3) is 0 Å². The number of nitrogens with zero attached hydrogens (tertiary/aromatic N) is 3. The molecule has 2 atom stereocenters. The first-order chi connectivity index (χ1) is 16.0. The lowest BCUT2D eigenvalue weighted by Gasteiger charge is -2.23. The predicted molar refractivity (Wildman–Crippen MR) is 122 cm³/mol. The second kappa shape index (κ2) is 9.32. The van der Waals surface area contributed by atoms with Crippen LogP contribution < -0.4 is 10.1 Å². The standard InChI is InChI=1S/C22H26ClF4N5O3/c1-9-16(18(23)31-30-9)28-20(33)13-7-14(24)12(8-15(13)35-11(3)22(25,26)27)19-29-17(21(4,5)34)10(2)32(19)6/h7-8,11,20,28,33-34H,1-6H3,(H,30,31)/t11-,20?/m0/s1. The number of hydrogen-bond acceptors (Lipinski definition) is 6.